The maximum absolute atomic E-state index is 11.0. The molecule has 0 amide bonds. The van der Waals surface area contributed by atoms with Crippen molar-refractivity contribution in [3.63, 3.8) is 0 Å². The van der Waals surface area contributed by atoms with Crippen molar-refractivity contribution in [2.75, 3.05) is 7.11 Å². The van der Waals surface area contributed by atoms with E-state index < -0.39 is 0 Å². The van der Waals surface area contributed by atoms with Gasteiger partial charge in [-0.15, -0.1) is 0 Å². The molecule has 0 heterocycles. The first-order valence-electron chi connectivity index (χ1n) is 5.97. The molecule has 0 aromatic heterocycles. The van der Waals surface area contributed by atoms with Crippen LogP contribution in [-0.4, -0.2) is 13.4 Å². The van der Waals surface area contributed by atoms with Crippen molar-refractivity contribution in [3.05, 3.63) is 52.0 Å². The molecule has 0 saturated heterocycles. The third kappa shape index (κ3) is 2.64. The van der Waals surface area contributed by atoms with Crippen LogP contribution in [0.4, 0.5) is 0 Å². The summed E-state index contributed by atoms with van der Waals surface area (Å²) in [5.74, 6) is 0.867. The van der Waals surface area contributed by atoms with E-state index in [9.17, 15) is 4.79 Å². The van der Waals surface area contributed by atoms with Crippen molar-refractivity contribution in [2.24, 2.45) is 0 Å². The Morgan fingerprint density at radius 2 is 1.84 bits per heavy atom. The number of carbonyl (C=O) groups excluding carboxylic acids is 1. The second-order valence-electron chi connectivity index (χ2n) is 4.49. The first-order valence-corrected chi connectivity index (χ1v) is 6.35. The van der Waals surface area contributed by atoms with Gasteiger partial charge in [0, 0.05) is 5.56 Å². The Kier molecular flexibility index (Phi) is 3.91. The largest absolute Gasteiger partial charge is 0.496 e. The predicted octanol–water partition coefficient (Wildman–Crippen LogP) is 4.44. The number of hydrogen-bond acceptors (Lipinski definition) is 2. The molecule has 3 heteroatoms. The molecule has 2 nitrogen and oxygen atoms in total. The molecule has 0 saturated carbocycles. The molecule has 2 aromatic carbocycles. The fourth-order valence-electron chi connectivity index (χ4n) is 2.12. The van der Waals surface area contributed by atoms with E-state index in [1.165, 1.54) is 0 Å². The van der Waals surface area contributed by atoms with E-state index in [1.807, 2.05) is 32.0 Å². The highest BCUT2D eigenvalue weighted by Crippen LogP contribution is 2.31. The van der Waals surface area contributed by atoms with E-state index in [0.717, 1.165) is 34.3 Å². The number of aldehydes is 1. The monoisotopic (exact) mass is 274 g/mol. The van der Waals surface area contributed by atoms with Gasteiger partial charge in [0.2, 0.25) is 0 Å². The molecule has 98 valence electrons. The molecule has 0 aliphatic heterocycles. The summed E-state index contributed by atoms with van der Waals surface area (Å²) in [5.41, 5.74) is 4.73. The van der Waals surface area contributed by atoms with Crippen LogP contribution in [0.25, 0.3) is 11.1 Å². The molecule has 0 spiro atoms. The summed E-state index contributed by atoms with van der Waals surface area (Å²) in [7, 11) is 1.66. The molecule has 2 rings (SSSR count). The zero-order chi connectivity index (χ0) is 14.0. The second-order valence-corrected chi connectivity index (χ2v) is 4.90. The molecule has 19 heavy (non-hydrogen) atoms. The molecule has 0 unspecified atom stereocenters. The van der Waals surface area contributed by atoms with Crippen LogP contribution in [0, 0.1) is 13.8 Å². The van der Waals surface area contributed by atoms with E-state index in [-0.39, 0.29) is 0 Å². The number of carbonyl (C=O) groups is 1. The summed E-state index contributed by atoms with van der Waals surface area (Å²) >= 11 is 5.95. The van der Waals surface area contributed by atoms with Gasteiger partial charge < -0.3 is 4.74 Å². The molecular formula is C16H15ClO2. The zero-order valence-corrected chi connectivity index (χ0v) is 11.9. The fourth-order valence-corrected chi connectivity index (χ4v) is 2.28. The summed E-state index contributed by atoms with van der Waals surface area (Å²) in [6, 6.07) is 9.54. The number of rotatable bonds is 3. The maximum atomic E-state index is 11.0. The van der Waals surface area contributed by atoms with Gasteiger partial charge in [0.1, 0.15) is 5.75 Å². The molecule has 2 aromatic rings. The van der Waals surface area contributed by atoms with Gasteiger partial charge in [-0.05, 0) is 60.4 Å². The van der Waals surface area contributed by atoms with Gasteiger partial charge in [-0.1, -0.05) is 17.7 Å². The van der Waals surface area contributed by atoms with Crippen LogP contribution in [0.1, 0.15) is 21.5 Å². The van der Waals surface area contributed by atoms with Crippen LogP contribution in [0.3, 0.4) is 0 Å². The van der Waals surface area contributed by atoms with Crippen LogP contribution in [-0.2, 0) is 0 Å². The Morgan fingerprint density at radius 1 is 1.11 bits per heavy atom. The van der Waals surface area contributed by atoms with E-state index in [1.54, 1.807) is 13.2 Å². The number of aryl methyl sites for hydroxylation is 2. The molecule has 0 fully saturated rings. The summed E-state index contributed by atoms with van der Waals surface area (Å²) in [6.07, 6.45) is 0.775. The fraction of sp³-hybridized carbons (Fsp3) is 0.188. The zero-order valence-electron chi connectivity index (χ0n) is 11.2. The first kappa shape index (κ1) is 13.6. The SMILES string of the molecule is COc1cc(C)c(-c2ccc(Cl)c(C=O)c2)cc1C. The minimum Gasteiger partial charge on any atom is -0.496 e. The third-order valence-corrected chi connectivity index (χ3v) is 3.52. The van der Waals surface area contributed by atoms with Crippen LogP contribution >= 0.6 is 11.6 Å². The molecule has 0 aliphatic carbocycles. The third-order valence-electron chi connectivity index (χ3n) is 3.18. The highest BCUT2D eigenvalue weighted by Gasteiger charge is 2.09. The molecule has 0 radical (unpaired) electrons. The van der Waals surface area contributed by atoms with Gasteiger partial charge in [-0.2, -0.15) is 0 Å². The van der Waals surface area contributed by atoms with Gasteiger partial charge in [0.05, 0.1) is 12.1 Å². The van der Waals surface area contributed by atoms with Crippen LogP contribution in [0.5, 0.6) is 5.75 Å². The van der Waals surface area contributed by atoms with Crippen LogP contribution in [0.15, 0.2) is 30.3 Å². The number of methoxy groups -OCH3 is 1. The number of benzene rings is 2. The Hall–Kier alpha value is -1.80. The Bertz CT molecular complexity index is 633. The summed E-state index contributed by atoms with van der Waals surface area (Å²) in [6.45, 7) is 4.02. The van der Waals surface area contributed by atoms with E-state index >= 15 is 0 Å². The quantitative estimate of drug-likeness (QED) is 0.773. The first-order chi connectivity index (χ1) is 9.06. The minimum atomic E-state index is 0.474. The van der Waals surface area contributed by atoms with E-state index in [0.29, 0.717) is 10.6 Å². The summed E-state index contributed by atoms with van der Waals surface area (Å²) in [4.78, 5) is 11.0. The highest BCUT2D eigenvalue weighted by molar-refractivity contribution is 6.33. The molecule has 0 aliphatic rings. The van der Waals surface area contributed by atoms with Gasteiger partial charge >= 0.3 is 0 Å². The molecular weight excluding hydrogens is 260 g/mol. The normalized spacial score (nSPS) is 10.3. The molecule has 0 atom stereocenters. The molecule has 0 bridgehead atoms. The van der Waals surface area contributed by atoms with Crippen LogP contribution < -0.4 is 4.74 Å². The standard InChI is InChI=1S/C16H15ClO2/c1-10-7-16(19-3)11(2)6-14(10)12-4-5-15(17)13(8-12)9-18/h4-9H,1-3H3. The Balaban J connectivity index is 2.59. The number of halogens is 1. The number of ether oxygens (including phenoxy) is 1. The van der Waals surface area contributed by atoms with E-state index in [2.05, 4.69) is 6.07 Å². The lowest BCUT2D eigenvalue weighted by molar-refractivity contribution is 0.112. The lowest BCUT2D eigenvalue weighted by atomic mass is 9.96. The van der Waals surface area contributed by atoms with Crippen molar-refractivity contribution >= 4 is 17.9 Å². The minimum absolute atomic E-state index is 0.474. The van der Waals surface area contributed by atoms with Gasteiger partial charge in [0.25, 0.3) is 0 Å². The van der Waals surface area contributed by atoms with Crippen molar-refractivity contribution in [1.29, 1.82) is 0 Å². The van der Waals surface area contributed by atoms with Crippen molar-refractivity contribution < 1.29 is 9.53 Å². The highest BCUT2D eigenvalue weighted by atomic mass is 35.5. The van der Waals surface area contributed by atoms with E-state index in [4.69, 9.17) is 16.3 Å². The summed E-state index contributed by atoms with van der Waals surface area (Å²) < 4.78 is 5.30. The van der Waals surface area contributed by atoms with Crippen molar-refractivity contribution in [1.82, 2.24) is 0 Å². The summed E-state index contributed by atoms with van der Waals surface area (Å²) in [5, 5.41) is 0.474. The molecule has 0 N–H and O–H groups in total. The second kappa shape index (κ2) is 5.45. The smallest absolute Gasteiger partial charge is 0.151 e. The van der Waals surface area contributed by atoms with Gasteiger partial charge in [-0.25, -0.2) is 0 Å². The van der Waals surface area contributed by atoms with Crippen LogP contribution in [0.2, 0.25) is 5.02 Å². The maximum Gasteiger partial charge on any atom is 0.151 e. The predicted molar refractivity (Wildman–Crippen MR) is 78.3 cm³/mol. The number of hydrogen-bond donors (Lipinski definition) is 0. The van der Waals surface area contributed by atoms with Crippen molar-refractivity contribution in [3.8, 4) is 16.9 Å². The van der Waals surface area contributed by atoms with Gasteiger partial charge in [-0.3, -0.25) is 4.79 Å². The van der Waals surface area contributed by atoms with Gasteiger partial charge in [0.15, 0.2) is 6.29 Å². The Labute approximate surface area is 118 Å². The lowest BCUT2D eigenvalue weighted by Gasteiger charge is -2.12. The lowest BCUT2D eigenvalue weighted by Crippen LogP contribution is -1.92. The topological polar surface area (TPSA) is 26.3 Å². The average Bonchev–Trinajstić information content (AvgIpc) is 2.41. The average molecular weight is 275 g/mol. The Morgan fingerprint density at radius 3 is 2.47 bits per heavy atom. The van der Waals surface area contributed by atoms with Crippen molar-refractivity contribution in [2.45, 2.75) is 13.8 Å².